The van der Waals surface area contributed by atoms with Gasteiger partial charge in [0.1, 0.15) is 11.5 Å². The van der Waals surface area contributed by atoms with Gasteiger partial charge in [-0.15, -0.1) is 5.10 Å². The van der Waals surface area contributed by atoms with E-state index < -0.39 is 17.9 Å². The largest absolute Gasteiger partial charge is 0.457 e. The third kappa shape index (κ3) is 3.46. The molecule has 0 aliphatic carbocycles. The van der Waals surface area contributed by atoms with Gasteiger partial charge in [-0.1, -0.05) is 42.1 Å². The molecule has 0 bridgehead atoms. The molecule has 3 heterocycles. The normalized spacial score (nSPS) is 17.8. The molecule has 1 amide bonds. The molecule has 2 aliphatic heterocycles. The van der Waals surface area contributed by atoms with Crippen molar-refractivity contribution < 1.29 is 22.4 Å². The van der Waals surface area contributed by atoms with E-state index in [0.29, 0.717) is 27.2 Å². The molecule has 1 atom stereocenters. The Labute approximate surface area is 184 Å². The predicted molar refractivity (Wildman–Crippen MR) is 113 cm³/mol. The van der Waals surface area contributed by atoms with E-state index >= 15 is 0 Å². The highest BCUT2D eigenvalue weighted by atomic mass is 32.2. The highest BCUT2D eigenvalue weighted by molar-refractivity contribution is 8.13. The number of para-hydroxylation sites is 1. The maximum atomic E-state index is 13.1. The summed E-state index contributed by atoms with van der Waals surface area (Å²) < 4.78 is 45.2. The van der Waals surface area contributed by atoms with E-state index in [1.807, 2.05) is 6.07 Å². The second-order valence-electron chi connectivity index (χ2n) is 7.06. The van der Waals surface area contributed by atoms with Gasteiger partial charge in [-0.25, -0.2) is 10.0 Å². The molecule has 1 aromatic heterocycles. The van der Waals surface area contributed by atoms with Crippen molar-refractivity contribution in [3.05, 3.63) is 82.6 Å². The second kappa shape index (κ2) is 7.56. The third-order valence-corrected chi connectivity index (χ3v) is 5.63. The lowest BCUT2D eigenvalue weighted by Gasteiger charge is -2.32. The van der Waals surface area contributed by atoms with Gasteiger partial charge in [0, 0.05) is 10.8 Å². The van der Waals surface area contributed by atoms with Crippen molar-refractivity contribution in [3.8, 4) is 11.3 Å². The number of amides is 1. The van der Waals surface area contributed by atoms with Crippen LogP contribution in [0.4, 0.5) is 13.2 Å². The van der Waals surface area contributed by atoms with Gasteiger partial charge in [0.2, 0.25) is 6.17 Å². The van der Waals surface area contributed by atoms with Crippen molar-refractivity contribution in [2.24, 2.45) is 10.1 Å². The first-order valence-electron chi connectivity index (χ1n) is 9.53. The Hall–Kier alpha value is -3.53. The maximum absolute atomic E-state index is 13.1. The van der Waals surface area contributed by atoms with Crippen molar-refractivity contribution in [2.45, 2.75) is 12.3 Å². The standard InChI is InChI=1S/C22H15F3N4O2S/c1-32-21-27-20(30)18-14-7-2-3-8-15(14)26-19(29(18)28-21)17-10-9-16(31-17)12-5-4-6-13(11-12)22(23,24)25/h2-11,19H,1H3,(H,27,28,30)/t19-/m0/s1. The van der Waals surface area contributed by atoms with E-state index in [1.54, 1.807) is 42.7 Å². The molecular formula is C22H15F3N4O2S. The number of benzene rings is 2. The van der Waals surface area contributed by atoms with E-state index in [2.05, 4.69) is 10.4 Å². The number of rotatable bonds is 2. The Morgan fingerprint density at radius 2 is 1.91 bits per heavy atom. The fourth-order valence-electron chi connectivity index (χ4n) is 3.60. The Balaban J connectivity index is 1.61. The van der Waals surface area contributed by atoms with Crippen LogP contribution >= 0.6 is 11.8 Å². The van der Waals surface area contributed by atoms with Crippen molar-refractivity contribution >= 4 is 28.5 Å². The van der Waals surface area contributed by atoms with Crippen LogP contribution in [-0.4, -0.2) is 22.3 Å². The number of fused-ring (bicyclic) bond motifs is 2. The van der Waals surface area contributed by atoms with Crippen LogP contribution in [-0.2, 0) is 11.0 Å². The molecule has 0 unspecified atom stereocenters. The second-order valence-corrected chi connectivity index (χ2v) is 7.85. The molecule has 0 spiro atoms. The van der Waals surface area contributed by atoms with Gasteiger partial charge < -0.3 is 4.42 Å². The zero-order valence-electron chi connectivity index (χ0n) is 16.6. The number of carbonyl (C=O) groups is 1. The van der Waals surface area contributed by atoms with E-state index in [1.165, 1.54) is 22.8 Å². The average molecular weight is 456 g/mol. The quantitative estimate of drug-likeness (QED) is 0.641. The Bertz CT molecular complexity index is 1380. The summed E-state index contributed by atoms with van der Waals surface area (Å²) in [5.41, 5.74) is -0.145. The number of hydrogen-bond donors (Lipinski definition) is 1. The van der Waals surface area contributed by atoms with E-state index in [-0.39, 0.29) is 17.2 Å². The number of halogens is 3. The number of amidine groups is 1. The summed E-state index contributed by atoms with van der Waals surface area (Å²) in [6.07, 6.45) is -3.46. The van der Waals surface area contributed by atoms with Gasteiger partial charge in [-0.3, -0.25) is 10.1 Å². The zero-order chi connectivity index (χ0) is 22.5. The third-order valence-electron chi connectivity index (χ3n) is 5.06. The number of alkyl halides is 3. The van der Waals surface area contributed by atoms with Gasteiger partial charge in [-0.2, -0.15) is 13.2 Å². The minimum Gasteiger partial charge on any atom is -0.457 e. The number of nitrogens with zero attached hydrogens (tertiary/aromatic N) is 3. The van der Waals surface area contributed by atoms with Crippen LogP contribution in [0.5, 0.6) is 0 Å². The van der Waals surface area contributed by atoms with Crippen LogP contribution in [0.2, 0.25) is 0 Å². The molecule has 0 radical (unpaired) electrons. The SMILES string of the molecule is CSC1=NN2C(=c3ccccc3=N[C@@H]2c2ccc(-c3cccc(C(F)(F)F)c3)o2)C(=O)N1. The minimum atomic E-state index is -4.46. The van der Waals surface area contributed by atoms with Crippen LogP contribution in [0.1, 0.15) is 17.5 Å². The van der Waals surface area contributed by atoms with Gasteiger partial charge in [-0.05, 0) is 36.6 Å². The Morgan fingerprint density at radius 1 is 1.09 bits per heavy atom. The fourth-order valence-corrected chi connectivity index (χ4v) is 3.96. The fraction of sp³-hybridized carbons (Fsp3) is 0.136. The zero-order valence-corrected chi connectivity index (χ0v) is 17.4. The molecule has 5 rings (SSSR count). The highest BCUT2D eigenvalue weighted by Crippen LogP contribution is 2.36. The molecule has 0 fully saturated rings. The van der Waals surface area contributed by atoms with Crippen LogP contribution in [0.3, 0.4) is 0 Å². The lowest BCUT2D eigenvalue weighted by atomic mass is 10.1. The highest BCUT2D eigenvalue weighted by Gasteiger charge is 2.36. The number of thioether (sulfide) groups is 1. The first-order valence-corrected chi connectivity index (χ1v) is 10.8. The molecule has 3 aromatic rings. The monoisotopic (exact) mass is 456 g/mol. The number of carbonyl (C=O) groups excluding carboxylic acids is 1. The summed E-state index contributed by atoms with van der Waals surface area (Å²) in [6.45, 7) is 0. The van der Waals surface area contributed by atoms with E-state index in [9.17, 15) is 18.0 Å². The first-order chi connectivity index (χ1) is 15.3. The van der Waals surface area contributed by atoms with Crippen LogP contribution in [0, 0.1) is 0 Å². The summed E-state index contributed by atoms with van der Waals surface area (Å²) in [6, 6.07) is 15.3. The Morgan fingerprint density at radius 3 is 2.69 bits per heavy atom. The molecule has 32 heavy (non-hydrogen) atoms. The van der Waals surface area contributed by atoms with Gasteiger partial charge >= 0.3 is 6.18 Å². The summed E-state index contributed by atoms with van der Waals surface area (Å²) in [7, 11) is 0. The molecule has 2 aromatic carbocycles. The molecule has 0 saturated heterocycles. The number of furan rings is 1. The topological polar surface area (TPSA) is 70.2 Å². The lowest BCUT2D eigenvalue weighted by Crippen LogP contribution is -2.50. The summed E-state index contributed by atoms with van der Waals surface area (Å²) in [5, 5.41) is 10.4. The van der Waals surface area contributed by atoms with Crippen LogP contribution in [0.25, 0.3) is 17.0 Å². The molecule has 10 heteroatoms. The lowest BCUT2D eigenvalue weighted by molar-refractivity contribution is -0.137. The van der Waals surface area contributed by atoms with Crippen molar-refractivity contribution in [1.29, 1.82) is 0 Å². The van der Waals surface area contributed by atoms with Gasteiger partial charge in [0.15, 0.2) is 10.9 Å². The molecule has 6 nitrogen and oxygen atoms in total. The molecule has 162 valence electrons. The average Bonchev–Trinajstić information content (AvgIpc) is 3.28. The Kier molecular flexibility index (Phi) is 4.81. The van der Waals surface area contributed by atoms with Crippen molar-refractivity contribution in [1.82, 2.24) is 10.3 Å². The number of hydrogen-bond acceptors (Lipinski definition) is 6. The number of hydrazone groups is 1. The number of nitrogens with one attached hydrogen (secondary N) is 1. The predicted octanol–water partition coefficient (Wildman–Crippen LogP) is 3.47. The van der Waals surface area contributed by atoms with Crippen molar-refractivity contribution in [2.75, 3.05) is 6.26 Å². The molecule has 0 saturated carbocycles. The van der Waals surface area contributed by atoms with Crippen LogP contribution in [0.15, 0.2) is 75.2 Å². The molecular weight excluding hydrogens is 441 g/mol. The van der Waals surface area contributed by atoms with Gasteiger partial charge in [0.05, 0.1) is 10.9 Å². The smallest absolute Gasteiger partial charge is 0.416 e. The van der Waals surface area contributed by atoms with Crippen molar-refractivity contribution in [3.63, 3.8) is 0 Å². The summed E-state index contributed by atoms with van der Waals surface area (Å²) in [4.78, 5) is 17.5. The first kappa shape index (κ1) is 20.4. The maximum Gasteiger partial charge on any atom is 0.416 e. The summed E-state index contributed by atoms with van der Waals surface area (Å²) >= 11 is 1.27. The summed E-state index contributed by atoms with van der Waals surface area (Å²) in [5.74, 6) is 0.293. The molecule has 1 N–H and O–H groups in total. The van der Waals surface area contributed by atoms with E-state index in [4.69, 9.17) is 9.41 Å². The minimum absolute atomic E-state index is 0.261. The molecule has 2 aliphatic rings. The van der Waals surface area contributed by atoms with E-state index in [0.717, 1.165) is 12.1 Å². The van der Waals surface area contributed by atoms with Gasteiger partial charge in [0.25, 0.3) is 5.91 Å². The van der Waals surface area contributed by atoms with Crippen LogP contribution < -0.4 is 15.9 Å².